The lowest BCUT2D eigenvalue weighted by Gasteiger charge is -2.29. The van der Waals surface area contributed by atoms with Crippen molar-refractivity contribution in [3.8, 4) is 5.75 Å². The monoisotopic (exact) mass is 349 g/mol. The van der Waals surface area contributed by atoms with Crippen LogP contribution in [0.1, 0.15) is 20.8 Å². The van der Waals surface area contributed by atoms with Crippen LogP contribution >= 0.6 is 27.5 Å². The quantitative estimate of drug-likeness (QED) is 0.858. The molecule has 0 aliphatic carbocycles. The van der Waals surface area contributed by atoms with Gasteiger partial charge in [0.15, 0.2) is 6.61 Å². The van der Waals surface area contributed by atoms with Crippen molar-refractivity contribution in [2.45, 2.75) is 32.4 Å². The van der Waals surface area contributed by atoms with Gasteiger partial charge >= 0.3 is 0 Å². The average Bonchev–Trinajstić information content (AvgIpc) is 2.27. The zero-order valence-corrected chi connectivity index (χ0v) is 13.4. The SMILES string of the molecule is CC(O)C(C)(C)NC(=O)COc1ccc(Cl)cc1Br. The molecule has 4 nitrogen and oxygen atoms in total. The summed E-state index contributed by atoms with van der Waals surface area (Å²) in [4.78, 5) is 11.7. The molecule has 19 heavy (non-hydrogen) atoms. The molecular formula is C13H17BrClNO3. The Hall–Kier alpha value is -0.780. The summed E-state index contributed by atoms with van der Waals surface area (Å²) in [6.07, 6.45) is -0.654. The Kier molecular flexibility index (Phi) is 5.64. The smallest absolute Gasteiger partial charge is 0.258 e. The maximum atomic E-state index is 11.7. The zero-order valence-electron chi connectivity index (χ0n) is 11.0. The topological polar surface area (TPSA) is 58.6 Å². The average molecular weight is 351 g/mol. The van der Waals surface area contributed by atoms with E-state index in [1.165, 1.54) is 0 Å². The van der Waals surface area contributed by atoms with E-state index in [9.17, 15) is 9.90 Å². The summed E-state index contributed by atoms with van der Waals surface area (Å²) in [6, 6.07) is 5.05. The van der Waals surface area contributed by atoms with E-state index in [1.807, 2.05) is 0 Å². The fourth-order valence-corrected chi connectivity index (χ4v) is 2.03. The first-order chi connectivity index (χ1) is 8.72. The minimum Gasteiger partial charge on any atom is -0.483 e. The Morgan fingerprint density at radius 3 is 2.74 bits per heavy atom. The summed E-state index contributed by atoms with van der Waals surface area (Å²) in [5.41, 5.74) is -0.697. The second-order valence-electron chi connectivity index (χ2n) is 4.81. The molecule has 0 radical (unpaired) electrons. The van der Waals surface area contributed by atoms with Gasteiger partial charge in [-0.3, -0.25) is 4.79 Å². The molecule has 1 rings (SSSR count). The molecule has 106 valence electrons. The van der Waals surface area contributed by atoms with Crippen molar-refractivity contribution < 1.29 is 14.6 Å². The van der Waals surface area contributed by atoms with Crippen molar-refractivity contribution in [2.24, 2.45) is 0 Å². The molecule has 0 bridgehead atoms. The van der Waals surface area contributed by atoms with E-state index in [1.54, 1.807) is 39.0 Å². The van der Waals surface area contributed by atoms with Gasteiger partial charge in [-0.1, -0.05) is 11.6 Å². The fraction of sp³-hybridized carbons (Fsp3) is 0.462. The normalized spacial score (nSPS) is 12.9. The Balaban J connectivity index is 2.55. The first-order valence-electron chi connectivity index (χ1n) is 5.79. The van der Waals surface area contributed by atoms with Gasteiger partial charge in [0.1, 0.15) is 5.75 Å². The second-order valence-corrected chi connectivity index (χ2v) is 6.10. The molecule has 1 unspecified atom stereocenters. The van der Waals surface area contributed by atoms with Crippen LogP contribution in [0.4, 0.5) is 0 Å². The Morgan fingerprint density at radius 1 is 1.58 bits per heavy atom. The molecule has 0 saturated heterocycles. The van der Waals surface area contributed by atoms with Crippen molar-refractivity contribution in [2.75, 3.05) is 6.61 Å². The molecule has 6 heteroatoms. The first-order valence-corrected chi connectivity index (χ1v) is 6.96. The number of ether oxygens (including phenoxy) is 1. The highest BCUT2D eigenvalue weighted by Crippen LogP contribution is 2.27. The molecule has 0 saturated carbocycles. The number of aliphatic hydroxyl groups excluding tert-OH is 1. The van der Waals surface area contributed by atoms with Crippen LogP contribution in [0.5, 0.6) is 5.75 Å². The van der Waals surface area contributed by atoms with Crippen molar-refractivity contribution in [1.29, 1.82) is 0 Å². The highest BCUT2D eigenvalue weighted by atomic mass is 79.9. The number of aliphatic hydroxyl groups is 1. The number of halogens is 2. The number of hydrogen-bond donors (Lipinski definition) is 2. The molecule has 2 N–H and O–H groups in total. The number of benzene rings is 1. The Bertz CT molecular complexity index is 463. The minimum atomic E-state index is -0.697. The number of rotatable bonds is 5. The third-order valence-corrected chi connectivity index (χ3v) is 3.61. The van der Waals surface area contributed by atoms with Crippen LogP contribution in [-0.2, 0) is 4.79 Å². The second kappa shape index (κ2) is 6.59. The molecule has 1 aromatic rings. The number of amides is 1. The third kappa shape index (κ3) is 5.01. The Labute approximate surface area is 126 Å². The van der Waals surface area contributed by atoms with E-state index in [0.717, 1.165) is 0 Å². The van der Waals surface area contributed by atoms with Crippen molar-refractivity contribution in [3.63, 3.8) is 0 Å². The van der Waals surface area contributed by atoms with Gasteiger partial charge in [0.25, 0.3) is 5.91 Å². The summed E-state index contributed by atoms with van der Waals surface area (Å²) < 4.78 is 6.06. The van der Waals surface area contributed by atoms with Crippen LogP contribution in [0.25, 0.3) is 0 Å². The predicted molar refractivity (Wildman–Crippen MR) is 78.5 cm³/mol. The van der Waals surface area contributed by atoms with Gasteiger partial charge in [-0.05, 0) is 54.9 Å². The molecule has 1 aromatic carbocycles. The van der Waals surface area contributed by atoms with E-state index in [2.05, 4.69) is 21.2 Å². The lowest BCUT2D eigenvalue weighted by Crippen LogP contribution is -2.52. The van der Waals surface area contributed by atoms with Gasteiger partial charge in [-0.15, -0.1) is 0 Å². The van der Waals surface area contributed by atoms with Crippen LogP contribution in [0, 0.1) is 0 Å². The molecule has 1 amide bonds. The van der Waals surface area contributed by atoms with Crippen molar-refractivity contribution in [1.82, 2.24) is 5.32 Å². The van der Waals surface area contributed by atoms with Gasteiger partial charge in [0, 0.05) is 5.02 Å². The van der Waals surface area contributed by atoms with E-state index < -0.39 is 11.6 Å². The van der Waals surface area contributed by atoms with Crippen LogP contribution in [0.2, 0.25) is 5.02 Å². The van der Waals surface area contributed by atoms with Gasteiger partial charge in [-0.25, -0.2) is 0 Å². The van der Waals surface area contributed by atoms with Crippen LogP contribution in [-0.4, -0.2) is 29.3 Å². The zero-order chi connectivity index (χ0) is 14.6. The van der Waals surface area contributed by atoms with E-state index in [4.69, 9.17) is 16.3 Å². The van der Waals surface area contributed by atoms with Crippen LogP contribution in [0.3, 0.4) is 0 Å². The molecule has 0 spiro atoms. The number of hydrogen-bond acceptors (Lipinski definition) is 3. The molecule has 1 atom stereocenters. The summed E-state index contributed by atoms with van der Waals surface area (Å²) in [6.45, 7) is 4.98. The molecule has 0 aliphatic heterocycles. The van der Waals surface area contributed by atoms with E-state index in [-0.39, 0.29) is 12.5 Å². The summed E-state index contributed by atoms with van der Waals surface area (Å²) in [5, 5.41) is 12.8. The summed E-state index contributed by atoms with van der Waals surface area (Å²) in [7, 11) is 0. The number of carbonyl (C=O) groups is 1. The van der Waals surface area contributed by atoms with Gasteiger partial charge in [-0.2, -0.15) is 0 Å². The number of nitrogens with one attached hydrogen (secondary N) is 1. The van der Waals surface area contributed by atoms with Crippen molar-refractivity contribution in [3.05, 3.63) is 27.7 Å². The largest absolute Gasteiger partial charge is 0.483 e. The minimum absolute atomic E-state index is 0.129. The molecule has 0 aromatic heterocycles. The first kappa shape index (κ1) is 16.3. The van der Waals surface area contributed by atoms with Gasteiger partial charge < -0.3 is 15.2 Å². The number of carbonyl (C=O) groups excluding carboxylic acids is 1. The molecule has 0 aliphatic rings. The standard InChI is InChI=1S/C13H17BrClNO3/c1-8(17)13(2,3)16-12(18)7-19-11-5-4-9(15)6-10(11)14/h4-6,8,17H,7H2,1-3H3,(H,16,18). The van der Waals surface area contributed by atoms with E-state index in [0.29, 0.717) is 15.2 Å². The highest BCUT2D eigenvalue weighted by molar-refractivity contribution is 9.10. The highest BCUT2D eigenvalue weighted by Gasteiger charge is 2.26. The third-order valence-electron chi connectivity index (χ3n) is 2.76. The lowest BCUT2D eigenvalue weighted by molar-refractivity contribution is -0.126. The van der Waals surface area contributed by atoms with Gasteiger partial charge in [0.2, 0.25) is 0 Å². The maximum Gasteiger partial charge on any atom is 0.258 e. The van der Waals surface area contributed by atoms with Crippen molar-refractivity contribution >= 4 is 33.4 Å². The Morgan fingerprint density at radius 2 is 2.21 bits per heavy atom. The van der Waals surface area contributed by atoms with Gasteiger partial charge in [0.05, 0.1) is 16.1 Å². The predicted octanol–water partition coefficient (Wildman–Crippen LogP) is 2.76. The molecule has 0 heterocycles. The maximum absolute atomic E-state index is 11.7. The summed E-state index contributed by atoms with van der Waals surface area (Å²) >= 11 is 9.11. The molecular weight excluding hydrogens is 334 g/mol. The van der Waals surface area contributed by atoms with Crippen LogP contribution in [0.15, 0.2) is 22.7 Å². The molecule has 0 fully saturated rings. The fourth-order valence-electron chi connectivity index (χ4n) is 1.24. The van der Waals surface area contributed by atoms with E-state index >= 15 is 0 Å². The lowest BCUT2D eigenvalue weighted by atomic mass is 9.99. The van der Waals surface area contributed by atoms with Crippen LogP contribution < -0.4 is 10.1 Å². The summed E-state index contributed by atoms with van der Waals surface area (Å²) in [5.74, 6) is 0.238.